The molecule has 2 rings (SSSR count). The highest BCUT2D eigenvalue weighted by Gasteiger charge is 2.38. The molecule has 1 unspecified atom stereocenters. The topological polar surface area (TPSA) is 75.1 Å². The lowest BCUT2D eigenvalue weighted by atomic mass is 9.96. The van der Waals surface area contributed by atoms with Gasteiger partial charge in [0.1, 0.15) is 11.4 Å². The van der Waals surface area contributed by atoms with E-state index in [1.807, 2.05) is 0 Å². The Kier molecular flexibility index (Phi) is 5.75. The van der Waals surface area contributed by atoms with E-state index >= 15 is 0 Å². The van der Waals surface area contributed by atoms with Crippen LogP contribution in [-0.4, -0.2) is 34.9 Å². The minimum Gasteiger partial charge on any atom is -0.480 e. The highest BCUT2D eigenvalue weighted by Crippen LogP contribution is 2.36. The van der Waals surface area contributed by atoms with Gasteiger partial charge in [-0.1, -0.05) is 12.8 Å². The monoisotopic (exact) mass is 421 g/mol. The molecule has 1 saturated carbocycles. The van der Waals surface area contributed by atoms with E-state index < -0.39 is 23.7 Å². The molecule has 5 nitrogen and oxygen atoms in total. The van der Waals surface area contributed by atoms with E-state index in [1.165, 1.54) is 12.4 Å². The van der Waals surface area contributed by atoms with Crippen LogP contribution in [0.5, 0.6) is 5.75 Å². The molecule has 0 radical (unpaired) electrons. The molecule has 2 N–H and O–H groups in total. The number of pyridine rings is 1. The molecule has 9 heteroatoms. The van der Waals surface area contributed by atoms with Crippen molar-refractivity contribution in [1.82, 2.24) is 10.3 Å². The van der Waals surface area contributed by atoms with Gasteiger partial charge in [0, 0.05) is 18.5 Å². The van der Waals surface area contributed by atoms with Gasteiger partial charge in [0.15, 0.2) is 6.10 Å². The van der Waals surface area contributed by atoms with E-state index in [4.69, 9.17) is 10.1 Å². The Balaban J connectivity index is 2.14. The van der Waals surface area contributed by atoms with Gasteiger partial charge in [-0.05, 0) is 42.1 Å². The van der Waals surface area contributed by atoms with Gasteiger partial charge >= 0.3 is 6.18 Å². The molecule has 1 aliphatic carbocycles. The molecule has 1 aliphatic rings. The molecule has 0 bridgehead atoms. The van der Waals surface area contributed by atoms with Gasteiger partial charge in [-0.3, -0.25) is 4.79 Å². The first-order valence-electron chi connectivity index (χ1n) is 7.77. The van der Waals surface area contributed by atoms with Gasteiger partial charge in [0.2, 0.25) is 0 Å². The summed E-state index contributed by atoms with van der Waals surface area (Å²) < 4.78 is 43.1. The summed E-state index contributed by atoms with van der Waals surface area (Å²) in [7, 11) is 0. The SMILES string of the molecule is C[C@H](Oc1cc(C(=O)NC(C)(C=N)CC2CC2)ncc1Br)C(F)(F)F. The molecule has 1 heterocycles. The Morgan fingerprint density at radius 3 is 2.72 bits per heavy atom. The van der Waals surface area contributed by atoms with Crippen molar-refractivity contribution >= 4 is 28.1 Å². The van der Waals surface area contributed by atoms with Crippen LogP contribution in [0.4, 0.5) is 13.2 Å². The summed E-state index contributed by atoms with van der Waals surface area (Å²) >= 11 is 3.07. The van der Waals surface area contributed by atoms with Crippen molar-refractivity contribution in [2.24, 2.45) is 5.92 Å². The summed E-state index contributed by atoms with van der Waals surface area (Å²) in [6, 6.07) is 1.16. The normalized spacial score (nSPS) is 18.2. The minimum atomic E-state index is -4.52. The lowest BCUT2D eigenvalue weighted by Gasteiger charge is -2.26. The number of nitrogens with zero attached hydrogens (tertiary/aromatic N) is 1. The lowest BCUT2D eigenvalue weighted by Crippen LogP contribution is -2.47. The van der Waals surface area contributed by atoms with Gasteiger partial charge in [-0.2, -0.15) is 13.2 Å². The highest BCUT2D eigenvalue weighted by molar-refractivity contribution is 9.10. The first-order valence-corrected chi connectivity index (χ1v) is 8.56. The second-order valence-electron chi connectivity index (χ2n) is 6.47. The number of alkyl halides is 3. The Labute approximate surface area is 152 Å². The molecule has 1 fully saturated rings. The standard InChI is InChI=1S/C16H19BrF3N3O2/c1-9(16(18,19)20)25-13-5-12(22-7-11(13)17)14(24)23-15(2,8-21)6-10-3-4-10/h5,7-10,21H,3-4,6H2,1-2H3,(H,23,24)/t9-,15?/m0/s1. The molecular formula is C16H19BrF3N3O2. The van der Waals surface area contributed by atoms with Crippen molar-refractivity contribution in [3.8, 4) is 5.75 Å². The van der Waals surface area contributed by atoms with Gasteiger partial charge < -0.3 is 15.5 Å². The molecular weight excluding hydrogens is 403 g/mol. The maximum Gasteiger partial charge on any atom is 0.425 e. The fourth-order valence-electron chi connectivity index (χ4n) is 2.28. The van der Waals surface area contributed by atoms with Crippen molar-refractivity contribution in [3.05, 3.63) is 22.4 Å². The average Bonchev–Trinajstić information content (AvgIpc) is 3.31. The fourth-order valence-corrected chi connectivity index (χ4v) is 2.59. The number of rotatable bonds is 7. The Hall–Kier alpha value is -1.64. The molecule has 0 aliphatic heterocycles. The zero-order chi connectivity index (χ0) is 18.8. The maximum atomic E-state index is 12.7. The number of nitrogens with one attached hydrogen (secondary N) is 2. The second-order valence-corrected chi connectivity index (χ2v) is 7.32. The van der Waals surface area contributed by atoms with Crippen molar-refractivity contribution in [2.75, 3.05) is 0 Å². The van der Waals surface area contributed by atoms with Gasteiger partial charge in [0.25, 0.3) is 5.91 Å². The summed E-state index contributed by atoms with van der Waals surface area (Å²) in [5.41, 5.74) is -0.885. The zero-order valence-electron chi connectivity index (χ0n) is 13.8. The maximum absolute atomic E-state index is 12.7. The Morgan fingerprint density at radius 2 is 2.20 bits per heavy atom. The van der Waals surface area contributed by atoms with Crippen LogP contribution in [0.1, 0.15) is 43.6 Å². The van der Waals surface area contributed by atoms with E-state index in [1.54, 1.807) is 6.92 Å². The third-order valence-electron chi connectivity index (χ3n) is 3.94. The van der Waals surface area contributed by atoms with Crippen LogP contribution < -0.4 is 10.1 Å². The predicted molar refractivity (Wildman–Crippen MR) is 90.1 cm³/mol. The summed E-state index contributed by atoms with van der Waals surface area (Å²) in [6.07, 6.45) is -1.36. The predicted octanol–water partition coefficient (Wildman–Crippen LogP) is 4.11. The number of carbonyl (C=O) groups is 1. The van der Waals surface area contributed by atoms with Crippen LogP contribution in [0.25, 0.3) is 0 Å². The molecule has 0 aromatic carbocycles. The molecule has 2 atom stereocenters. The second kappa shape index (κ2) is 7.31. The van der Waals surface area contributed by atoms with E-state index in [-0.39, 0.29) is 15.9 Å². The van der Waals surface area contributed by atoms with Crippen LogP contribution in [0, 0.1) is 11.3 Å². The summed E-state index contributed by atoms with van der Waals surface area (Å²) in [6.45, 7) is 2.62. The quantitative estimate of drug-likeness (QED) is 0.650. The van der Waals surface area contributed by atoms with Gasteiger partial charge in [-0.25, -0.2) is 4.98 Å². The van der Waals surface area contributed by atoms with Crippen LogP contribution >= 0.6 is 15.9 Å². The van der Waals surface area contributed by atoms with Crippen LogP contribution in [0.3, 0.4) is 0 Å². The Bertz CT molecular complexity index is 665. The Morgan fingerprint density at radius 1 is 1.56 bits per heavy atom. The fraction of sp³-hybridized carbons (Fsp3) is 0.562. The zero-order valence-corrected chi connectivity index (χ0v) is 15.4. The first kappa shape index (κ1) is 19.7. The van der Waals surface area contributed by atoms with E-state index in [0.29, 0.717) is 12.3 Å². The molecule has 0 saturated heterocycles. The number of amides is 1. The van der Waals surface area contributed by atoms with Crippen molar-refractivity contribution < 1.29 is 22.7 Å². The summed E-state index contributed by atoms with van der Waals surface area (Å²) in [5, 5.41) is 10.3. The summed E-state index contributed by atoms with van der Waals surface area (Å²) in [4.78, 5) is 16.3. The highest BCUT2D eigenvalue weighted by atomic mass is 79.9. The molecule has 1 aromatic heterocycles. The first-order chi connectivity index (χ1) is 11.5. The smallest absolute Gasteiger partial charge is 0.425 e. The third kappa shape index (κ3) is 5.42. The average molecular weight is 422 g/mol. The number of hydrogen-bond acceptors (Lipinski definition) is 4. The molecule has 1 aromatic rings. The number of halogens is 4. The van der Waals surface area contributed by atoms with E-state index in [0.717, 1.165) is 25.8 Å². The van der Waals surface area contributed by atoms with E-state index in [2.05, 4.69) is 26.2 Å². The number of ether oxygens (including phenoxy) is 1. The number of carbonyl (C=O) groups excluding carboxylic acids is 1. The van der Waals surface area contributed by atoms with Gasteiger partial charge in [-0.15, -0.1) is 0 Å². The van der Waals surface area contributed by atoms with Crippen LogP contribution in [0.15, 0.2) is 16.7 Å². The van der Waals surface area contributed by atoms with Crippen molar-refractivity contribution in [2.45, 2.75) is 50.9 Å². The van der Waals surface area contributed by atoms with Crippen LogP contribution in [0.2, 0.25) is 0 Å². The van der Waals surface area contributed by atoms with E-state index in [9.17, 15) is 18.0 Å². The van der Waals surface area contributed by atoms with Gasteiger partial charge in [0.05, 0.1) is 10.0 Å². The molecule has 0 spiro atoms. The van der Waals surface area contributed by atoms with Crippen molar-refractivity contribution in [1.29, 1.82) is 5.41 Å². The number of aromatic nitrogens is 1. The molecule has 1 amide bonds. The van der Waals surface area contributed by atoms with Crippen molar-refractivity contribution in [3.63, 3.8) is 0 Å². The summed E-state index contributed by atoms with van der Waals surface area (Å²) in [5.74, 6) is -0.205. The molecule has 138 valence electrons. The number of hydrogen-bond donors (Lipinski definition) is 2. The third-order valence-corrected chi connectivity index (χ3v) is 4.54. The lowest BCUT2D eigenvalue weighted by molar-refractivity contribution is -0.189. The largest absolute Gasteiger partial charge is 0.480 e. The minimum absolute atomic E-state index is 0.0727. The molecule has 25 heavy (non-hydrogen) atoms. The van der Waals surface area contributed by atoms with Crippen LogP contribution in [-0.2, 0) is 0 Å².